The van der Waals surface area contributed by atoms with Crippen LogP contribution in [-0.4, -0.2) is 37.6 Å². The quantitative estimate of drug-likeness (QED) is 0.677. The van der Waals surface area contributed by atoms with Crippen molar-refractivity contribution in [2.45, 2.75) is 13.0 Å². The van der Waals surface area contributed by atoms with Crippen LogP contribution in [-0.2, 0) is 0 Å². The fourth-order valence-corrected chi connectivity index (χ4v) is 2.47. The van der Waals surface area contributed by atoms with Crippen molar-refractivity contribution < 1.29 is 0 Å². The summed E-state index contributed by atoms with van der Waals surface area (Å²) in [7, 11) is 2.20. The van der Waals surface area contributed by atoms with Crippen LogP contribution in [0.1, 0.15) is 6.92 Å². The van der Waals surface area contributed by atoms with Crippen LogP contribution in [0.3, 0.4) is 0 Å². The average Bonchev–Trinajstić information content (AvgIpc) is 2.62. The third-order valence-electron chi connectivity index (χ3n) is 2.78. The summed E-state index contributed by atoms with van der Waals surface area (Å²) >= 11 is 1.84. The van der Waals surface area contributed by atoms with Crippen LogP contribution in [0.25, 0.3) is 0 Å². The molecule has 0 amide bonds. The van der Waals surface area contributed by atoms with E-state index in [9.17, 15) is 0 Å². The molecule has 0 saturated carbocycles. The first-order valence-corrected chi connectivity index (χ1v) is 5.64. The highest BCUT2D eigenvalue weighted by molar-refractivity contribution is 7.14. The highest BCUT2D eigenvalue weighted by Crippen LogP contribution is 2.23. The Morgan fingerprint density at radius 2 is 2.31 bits per heavy atom. The Morgan fingerprint density at radius 1 is 1.46 bits per heavy atom. The summed E-state index contributed by atoms with van der Waals surface area (Å²) in [5.41, 5.74) is 0. The Labute approximate surface area is 83.8 Å². The van der Waals surface area contributed by atoms with E-state index in [1.807, 2.05) is 11.3 Å². The third kappa shape index (κ3) is 1.86. The van der Waals surface area contributed by atoms with E-state index in [0.29, 0.717) is 6.04 Å². The zero-order valence-electron chi connectivity index (χ0n) is 8.23. The van der Waals surface area contributed by atoms with Crippen molar-refractivity contribution in [1.29, 1.82) is 0 Å². The molecule has 13 heavy (non-hydrogen) atoms. The minimum absolute atomic E-state index is 0.677. The molecule has 0 spiro atoms. The molecule has 1 atom stereocenters. The van der Waals surface area contributed by atoms with Gasteiger partial charge in [-0.1, -0.05) is 0 Å². The molecule has 2 nitrogen and oxygen atoms in total. The monoisotopic (exact) mass is 196 g/mol. The van der Waals surface area contributed by atoms with Crippen LogP contribution in [0.5, 0.6) is 0 Å². The lowest BCUT2D eigenvalue weighted by molar-refractivity contribution is 0.234. The first-order chi connectivity index (χ1) is 6.27. The summed E-state index contributed by atoms with van der Waals surface area (Å²) < 4.78 is 0. The SMILES string of the molecule is CC1CN(c2cccs2)CCN1C. The second kappa shape index (κ2) is 3.68. The van der Waals surface area contributed by atoms with Gasteiger partial charge in [-0.15, -0.1) is 11.3 Å². The zero-order chi connectivity index (χ0) is 9.26. The smallest absolute Gasteiger partial charge is 0.0909 e. The van der Waals surface area contributed by atoms with E-state index >= 15 is 0 Å². The van der Waals surface area contributed by atoms with Crippen molar-refractivity contribution in [3.05, 3.63) is 17.5 Å². The summed E-state index contributed by atoms with van der Waals surface area (Å²) in [4.78, 5) is 4.90. The minimum atomic E-state index is 0.677. The molecule has 1 saturated heterocycles. The number of thiophene rings is 1. The van der Waals surface area contributed by atoms with E-state index in [4.69, 9.17) is 0 Å². The summed E-state index contributed by atoms with van der Waals surface area (Å²) in [6.07, 6.45) is 0. The van der Waals surface area contributed by atoms with Gasteiger partial charge < -0.3 is 9.80 Å². The number of anilines is 1. The van der Waals surface area contributed by atoms with Gasteiger partial charge in [0.25, 0.3) is 0 Å². The molecule has 1 fully saturated rings. The maximum Gasteiger partial charge on any atom is 0.0909 e. The normalized spacial score (nSPS) is 25.1. The number of likely N-dealkylation sites (N-methyl/N-ethyl adjacent to an activating group) is 1. The van der Waals surface area contributed by atoms with Crippen molar-refractivity contribution >= 4 is 16.3 Å². The highest BCUT2D eigenvalue weighted by Gasteiger charge is 2.20. The highest BCUT2D eigenvalue weighted by atomic mass is 32.1. The van der Waals surface area contributed by atoms with Gasteiger partial charge in [-0.2, -0.15) is 0 Å². The maximum atomic E-state index is 2.48. The van der Waals surface area contributed by atoms with Gasteiger partial charge in [0.05, 0.1) is 5.00 Å². The molecular weight excluding hydrogens is 180 g/mol. The Kier molecular flexibility index (Phi) is 2.56. The molecule has 1 aliphatic rings. The standard InChI is InChI=1S/C10H16N2S/c1-9-8-12(6-5-11(9)2)10-4-3-7-13-10/h3-4,7,9H,5-6,8H2,1-2H3. The van der Waals surface area contributed by atoms with E-state index in [1.165, 1.54) is 18.1 Å². The van der Waals surface area contributed by atoms with E-state index in [0.717, 1.165) is 6.54 Å². The Balaban J connectivity index is 2.03. The molecular formula is C10H16N2S. The van der Waals surface area contributed by atoms with Gasteiger partial charge in [0.15, 0.2) is 0 Å². The summed E-state index contributed by atoms with van der Waals surface area (Å²) in [6, 6.07) is 5.02. The predicted molar refractivity (Wildman–Crippen MR) is 58.6 cm³/mol. The number of nitrogens with zero attached hydrogens (tertiary/aromatic N) is 2. The topological polar surface area (TPSA) is 6.48 Å². The molecule has 1 aromatic rings. The van der Waals surface area contributed by atoms with Crippen LogP contribution in [0.4, 0.5) is 5.00 Å². The van der Waals surface area contributed by atoms with Crippen LogP contribution in [0, 0.1) is 0 Å². The summed E-state index contributed by atoms with van der Waals surface area (Å²) in [5, 5.41) is 3.57. The maximum absolute atomic E-state index is 2.48. The summed E-state index contributed by atoms with van der Waals surface area (Å²) in [5.74, 6) is 0. The van der Waals surface area contributed by atoms with Crippen molar-refractivity contribution in [2.24, 2.45) is 0 Å². The van der Waals surface area contributed by atoms with Gasteiger partial charge in [0.1, 0.15) is 0 Å². The largest absolute Gasteiger partial charge is 0.361 e. The van der Waals surface area contributed by atoms with Gasteiger partial charge in [-0.3, -0.25) is 0 Å². The van der Waals surface area contributed by atoms with E-state index in [-0.39, 0.29) is 0 Å². The fourth-order valence-electron chi connectivity index (χ4n) is 1.70. The van der Waals surface area contributed by atoms with E-state index in [1.54, 1.807) is 0 Å². The number of hydrogen-bond donors (Lipinski definition) is 0. The number of hydrogen-bond acceptors (Lipinski definition) is 3. The Hall–Kier alpha value is -0.540. The second-order valence-corrected chi connectivity index (χ2v) is 4.65. The molecule has 3 heteroatoms. The van der Waals surface area contributed by atoms with Gasteiger partial charge in [0, 0.05) is 25.7 Å². The van der Waals surface area contributed by atoms with Crippen LogP contribution in [0.2, 0.25) is 0 Å². The molecule has 2 rings (SSSR count). The van der Waals surface area contributed by atoms with Gasteiger partial charge in [-0.25, -0.2) is 0 Å². The number of rotatable bonds is 1. The molecule has 1 aliphatic heterocycles. The van der Waals surface area contributed by atoms with Gasteiger partial charge in [0.2, 0.25) is 0 Å². The van der Waals surface area contributed by atoms with Gasteiger partial charge in [-0.05, 0) is 31.5 Å². The van der Waals surface area contributed by atoms with Crippen LogP contribution < -0.4 is 4.90 Å². The molecule has 0 bridgehead atoms. The molecule has 0 aromatic carbocycles. The lowest BCUT2D eigenvalue weighted by Gasteiger charge is -2.38. The first-order valence-electron chi connectivity index (χ1n) is 4.76. The van der Waals surface area contributed by atoms with E-state index < -0.39 is 0 Å². The summed E-state index contributed by atoms with van der Waals surface area (Å²) in [6.45, 7) is 5.80. The first kappa shape index (κ1) is 9.03. The Bertz CT molecular complexity index is 258. The van der Waals surface area contributed by atoms with Crippen LogP contribution >= 0.6 is 11.3 Å². The lowest BCUT2D eigenvalue weighted by Crippen LogP contribution is -2.49. The molecule has 0 radical (unpaired) electrons. The van der Waals surface area contributed by atoms with Crippen molar-refractivity contribution in [2.75, 3.05) is 31.6 Å². The van der Waals surface area contributed by atoms with Crippen molar-refractivity contribution in [3.63, 3.8) is 0 Å². The molecule has 72 valence electrons. The number of piperazine rings is 1. The molecule has 2 heterocycles. The average molecular weight is 196 g/mol. The predicted octanol–water partition coefficient (Wildman–Crippen LogP) is 1.89. The molecule has 1 aromatic heterocycles. The lowest BCUT2D eigenvalue weighted by atomic mass is 10.2. The van der Waals surface area contributed by atoms with Gasteiger partial charge >= 0.3 is 0 Å². The molecule has 0 aliphatic carbocycles. The molecule has 1 unspecified atom stereocenters. The second-order valence-electron chi connectivity index (χ2n) is 3.73. The fraction of sp³-hybridized carbons (Fsp3) is 0.600. The van der Waals surface area contributed by atoms with Crippen molar-refractivity contribution in [3.8, 4) is 0 Å². The minimum Gasteiger partial charge on any atom is -0.361 e. The molecule has 0 N–H and O–H groups in total. The van der Waals surface area contributed by atoms with Crippen LogP contribution in [0.15, 0.2) is 17.5 Å². The third-order valence-corrected chi connectivity index (χ3v) is 3.71. The van der Waals surface area contributed by atoms with E-state index in [2.05, 4.69) is 41.3 Å². The van der Waals surface area contributed by atoms with Crippen molar-refractivity contribution in [1.82, 2.24) is 4.90 Å². The zero-order valence-corrected chi connectivity index (χ0v) is 9.05. The Morgan fingerprint density at radius 3 is 2.92 bits per heavy atom.